The number of likely N-dealkylation sites (tertiary alicyclic amines) is 1. The van der Waals surface area contributed by atoms with Crippen LogP contribution < -0.4 is 5.32 Å². The number of pyridine rings is 1. The number of aromatic nitrogens is 1. The molecule has 2 heterocycles. The van der Waals surface area contributed by atoms with Gasteiger partial charge in [0.15, 0.2) is 0 Å². The lowest BCUT2D eigenvalue weighted by Gasteiger charge is -2.19. The summed E-state index contributed by atoms with van der Waals surface area (Å²) < 4.78 is 0. The average molecular weight is 344 g/mol. The van der Waals surface area contributed by atoms with E-state index < -0.39 is 0 Å². The quantitative estimate of drug-likeness (QED) is 0.870. The largest absolute Gasteiger partial charge is 0.354 e. The number of halogens is 1. The summed E-state index contributed by atoms with van der Waals surface area (Å²) in [7, 11) is 0. The molecule has 0 radical (unpaired) electrons. The third kappa shape index (κ3) is 3.88. The Hall–Kier alpha value is -2.07. The molecule has 1 amide bonds. The fourth-order valence-corrected chi connectivity index (χ4v) is 3.10. The highest BCUT2D eigenvalue weighted by molar-refractivity contribution is 6.31. The van der Waals surface area contributed by atoms with Crippen molar-refractivity contribution in [2.75, 3.05) is 18.4 Å². The van der Waals surface area contributed by atoms with E-state index >= 15 is 0 Å². The Morgan fingerprint density at radius 3 is 2.54 bits per heavy atom. The molecule has 0 spiro atoms. The van der Waals surface area contributed by atoms with Crippen molar-refractivity contribution in [3.8, 4) is 0 Å². The molecule has 1 aliphatic heterocycles. The van der Waals surface area contributed by atoms with E-state index in [0.717, 1.165) is 47.9 Å². The maximum absolute atomic E-state index is 12.5. The molecule has 1 saturated heterocycles. The predicted octanol–water partition coefficient (Wildman–Crippen LogP) is 4.80. The third-order valence-electron chi connectivity index (χ3n) is 4.42. The fourth-order valence-electron chi connectivity index (χ4n) is 2.93. The van der Waals surface area contributed by atoms with Crippen molar-refractivity contribution < 1.29 is 4.79 Å². The van der Waals surface area contributed by atoms with Gasteiger partial charge in [-0.15, -0.1) is 0 Å². The van der Waals surface area contributed by atoms with E-state index in [-0.39, 0.29) is 5.91 Å². The standard InChI is InChI=1S/C19H22ClN3O/c1-14-16(20)7-6-8-17(14)22-15-9-10-18(21-13-15)19(24)23-11-4-2-3-5-12-23/h6-10,13,22H,2-5,11-12H2,1H3. The molecule has 1 aromatic heterocycles. The zero-order valence-corrected chi connectivity index (χ0v) is 14.6. The highest BCUT2D eigenvalue weighted by Crippen LogP contribution is 2.26. The summed E-state index contributed by atoms with van der Waals surface area (Å²) >= 11 is 6.14. The van der Waals surface area contributed by atoms with E-state index in [1.807, 2.05) is 36.1 Å². The topological polar surface area (TPSA) is 45.2 Å². The lowest BCUT2D eigenvalue weighted by molar-refractivity contribution is 0.0756. The molecule has 1 aliphatic rings. The summed E-state index contributed by atoms with van der Waals surface area (Å²) in [6.07, 6.45) is 6.28. The van der Waals surface area contributed by atoms with Crippen molar-refractivity contribution in [2.24, 2.45) is 0 Å². The summed E-state index contributed by atoms with van der Waals surface area (Å²) in [6.45, 7) is 3.64. The van der Waals surface area contributed by atoms with Gasteiger partial charge in [0.25, 0.3) is 5.91 Å². The lowest BCUT2D eigenvalue weighted by Crippen LogP contribution is -2.32. The summed E-state index contributed by atoms with van der Waals surface area (Å²) in [5.41, 5.74) is 3.28. The Bertz CT molecular complexity index is 707. The lowest BCUT2D eigenvalue weighted by atomic mass is 10.2. The Labute approximate surface area is 147 Å². The van der Waals surface area contributed by atoms with Crippen LogP contribution in [0.4, 0.5) is 11.4 Å². The van der Waals surface area contributed by atoms with Crippen LogP contribution in [-0.4, -0.2) is 28.9 Å². The van der Waals surface area contributed by atoms with Crippen LogP contribution in [0.2, 0.25) is 5.02 Å². The van der Waals surface area contributed by atoms with E-state index in [4.69, 9.17) is 11.6 Å². The Kier molecular flexibility index (Phi) is 5.36. The van der Waals surface area contributed by atoms with Gasteiger partial charge >= 0.3 is 0 Å². The number of carbonyl (C=O) groups excluding carboxylic acids is 1. The average Bonchev–Trinajstić information content (AvgIpc) is 2.88. The normalized spacial score (nSPS) is 15.0. The Morgan fingerprint density at radius 1 is 1.12 bits per heavy atom. The van der Waals surface area contributed by atoms with E-state index in [9.17, 15) is 4.79 Å². The molecule has 24 heavy (non-hydrogen) atoms. The van der Waals surface area contributed by atoms with Crippen molar-refractivity contribution in [2.45, 2.75) is 32.6 Å². The number of hydrogen-bond acceptors (Lipinski definition) is 3. The Balaban J connectivity index is 1.71. The van der Waals surface area contributed by atoms with Gasteiger partial charge < -0.3 is 10.2 Å². The maximum atomic E-state index is 12.5. The molecule has 2 aromatic rings. The molecule has 1 fully saturated rings. The molecule has 126 valence electrons. The van der Waals surface area contributed by atoms with Crippen molar-refractivity contribution in [1.82, 2.24) is 9.88 Å². The highest BCUT2D eigenvalue weighted by Gasteiger charge is 2.18. The molecule has 1 aromatic carbocycles. The van der Waals surface area contributed by atoms with Crippen LogP contribution in [0.25, 0.3) is 0 Å². The summed E-state index contributed by atoms with van der Waals surface area (Å²) in [6, 6.07) is 9.41. The Morgan fingerprint density at radius 2 is 1.88 bits per heavy atom. The summed E-state index contributed by atoms with van der Waals surface area (Å²) in [4.78, 5) is 18.8. The molecular weight excluding hydrogens is 322 g/mol. The highest BCUT2D eigenvalue weighted by atomic mass is 35.5. The van der Waals surface area contributed by atoms with Gasteiger partial charge in [-0.3, -0.25) is 4.79 Å². The minimum atomic E-state index is 0.0300. The van der Waals surface area contributed by atoms with Crippen LogP contribution in [0.1, 0.15) is 41.7 Å². The second-order valence-corrected chi connectivity index (χ2v) is 6.58. The van der Waals surface area contributed by atoms with Crippen molar-refractivity contribution in [1.29, 1.82) is 0 Å². The van der Waals surface area contributed by atoms with Gasteiger partial charge in [-0.2, -0.15) is 0 Å². The van der Waals surface area contributed by atoms with Crippen LogP contribution in [0.3, 0.4) is 0 Å². The molecule has 1 N–H and O–H groups in total. The minimum Gasteiger partial charge on any atom is -0.354 e. The number of anilines is 2. The third-order valence-corrected chi connectivity index (χ3v) is 4.83. The molecule has 0 atom stereocenters. The van der Waals surface area contributed by atoms with Crippen LogP contribution >= 0.6 is 11.6 Å². The smallest absolute Gasteiger partial charge is 0.272 e. The molecule has 0 aliphatic carbocycles. The van der Waals surface area contributed by atoms with Crippen molar-refractivity contribution >= 4 is 28.9 Å². The SMILES string of the molecule is Cc1c(Cl)cccc1Nc1ccc(C(=O)N2CCCCCC2)nc1. The number of nitrogens with zero attached hydrogens (tertiary/aromatic N) is 2. The number of amides is 1. The number of nitrogens with one attached hydrogen (secondary N) is 1. The van der Waals surface area contributed by atoms with Crippen LogP contribution in [-0.2, 0) is 0 Å². The second kappa shape index (κ2) is 7.67. The first kappa shape index (κ1) is 16.8. The zero-order valence-electron chi connectivity index (χ0n) is 13.9. The van der Waals surface area contributed by atoms with Gasteiger partial charge in [-0.25, -0.2) is 4.98 Å². The van der Waals surface area contributed by atoms with Gasteiger partial charge in [0.05, 0.1) is 11.9 Å². The first-order valence-electron chi connectivity index (χ1n) is 8.42. The number of hydrogen-bond donors (Lipinski definition) is 1. The number of rotatable bonds is 3. The van der Waals surface area contributed by atoms with Gasteiger partial charge in [-0.1, -0.05) is 30.5 Å². The molecular formula is C19H22ClN3O. The molecule has 0 saturated carbocycles. The molecule has 0 bridgehead atoms. The van der Waals surface area contributed by atoms with E-state index in [0.29, 0.717) is 5.69 Å². The van der Waals surface area contributed by atoms with Crippen molar-refractivity contribution in [3.05, 3.63) is 52.8 Å². The van der Waals surface area contributed by atoms with E-state index in [1.165, 1.54) is 12.8 Å². The van der Waals surface area contributed by atoms with E-state index in [2.05, 4.69) is 10.3 Å². The fraction of sp³-hybridized carbons (Fsp3) is 0.368. The predicted molar refractivity (Wildman–Crippen MR) is 98.1 cm³/mol. The maximum Gasteiger partial charge on any atom is 0.272 e. The van der Waals surface area contributed by atoms with Crippen LogP contribution in [0.5, 0.6) is 0 Å². The van der Waals surface area contributed by atoms with Crippen molar-refractivity contribution in [3.63, 3.8) is 0 Å². The summed E-state index contributed by atoms with van der Waals surface area (Å²) in [5, 5.41) is 4.02. The van der Waals surface area contributed by atoms with Gasteiger partial charge in [0.1, 0.15) is 5.69 Å². The van der Waals surface area contributed by atoms with Gasteiger partial charge in [0.2, 0.25) is 0 Å². The second-order valence-electron chi connectivity index (χ2n) is 6.18. The first-order valence-corrected chi connectivity index (χ1v) is 8.80. The number of carbonyl (C=O) groups is 1. The van der Waals surface area contributed by atoms with Gasteiger partial charge in [0, 0.05) is 23.8 Å². The van der Waals surface area contributed by atoms with Gasteiger partial charge in [-0.05, 0) is 49.6 Å². The monoisotopic (exact) mass is 343 g/mol. The summed E-state index contributed by atoms with van der Waals surface area (Å²) in [5.74, 6) is 0.0300. The first-order chi connectivity index (χ1) is 11.6. The molecule has 4 nitrogen and oxygen atoms in total. The number of benzene rings is 1. The minimum absolute atomic E-state index is 0.0300. The molecule has 3 rings (SSSR count). The molecule has 5 heteroatoms. The molecule has 0 unspecified atom stereocenters. The van der Waals surface area contributed by atoms with Crippen LogP contribution in [0.15, 0.2) is 36.5 Å². The van der Waals surface area contributed by atoms with Crippen LogP contribution in [0, 0.1) is 6.92 Å². The van der Waals surface area contributed by atoms with E-state index in [1.54, 1.807) is 12.3 Å². The zero-order chi connectivity index (χ0) is 16.9.